The Labute approximate surface area is 100 Å². The van der Waals surface area contributed by atoms with Crippen LogP contribution >= 0.6 is 15.9 Å². The van der Waals surface area contributed by atoms with Gasteiger partial charge >= 0.3 is 0 Å². The van der Waals surface area contributed by atoms with E-state index in [-0.39, 0.29) is 0 Å². The molecule has 1 aromatic carbocycles. The van der Waals surface area contributed by atoms with Crippen molar-refractivity contribution in [3.63, 3.8) is 0 Å². The van der Waals surface area contributed by atoms with E-state index in [1.54, 1.807) is 0 Å². The number of rotatable bonds is 2. The first kappa shape index (κ1) is 11.0. The van der Waals surface area contributed by atoms with Crippen molar-refractivity contribution in [3.8, 4) is 0 Å². The molecule has 0 saturated heterocycles. The molecule has 2 unspecified atom stereocenters. The lowest BCUT2D eigenvalue weighted by atomic mass is 9.86. The molecule has 15 heavy (non-hydrogen) atoms. The topological polar surface area (TPSA) is 12.0 Å². The van der Waals surface area contributed by atoms with Crippen LogP contribution in [0.1, 0.15) is 32.6 Å². The smallest absolute Gasteiger partial charge is 0.0353 e. The normalized spacial score (nSPS) is 26.3. The first-order chi connectivity index (χ1) is 7.25. The van der Waals surface area contributed by atoms with E-state index in [9.17, 15) is 0 Å². The molecule has 0 aliphatic heterocycles. The minimum absolute atomic E-state index is 0.660. The predicted octanol–water partition coefficient (Wildman–Crippen LogP) is 4.44. The maximum Gasteiger partial charge on any atom is 0.0353 e. The summed E-state index contributed by atoms with van der Waals surface area (Å²) in [5.74, 6) is 0.803. The zero-order valence-corrected chi connectivity index (χ0v) is 10.8. The van der Waals surface area contributed by atoms with Crippen LogP contribution in [0, 0.1) is 5.92 Å². The van der Waals surface area contributed by atoms with Crippen LogP contribution in [0.5, 0.6) is 0 Å². The molecule has 1 aliphatic rings. The lowest BCUT2D eigenvalue weighted by Gasteiger charge is -2.30. The molecule has 1 aliphatic carbocycles. The van der Waals surface area contributed by atoms with Crippen molar-refractivity contribution in [1.82, 2.24) is 0 Å². The van der Waals surface area contributed by atoms with Crippen molar-refractivity contribution in [2.24, 2.45) is 5.92 Å². The van der Waals surface area contributed by atoms with E-state index >= 15 is 0 Å². The number of halogens is 1. The van der Waals surface area contributed by atoms with Gasteiger partial charge < -0.3 is 5.32 Å². The van der Waals surface area contributed by atoms with Crippen molar-refractivity contribution < 1.29 is 0 Å². The fraction of sp³-hybridized carbons (Fsp3) is 0.538. The third kappa shape index (κ3) is 2.97. The molecule has 2 atom stereocenters. The zero-order chi connectivity index (χ0) is 10.7. The number of anilines is 1. The summed E-state index contributed by atoms with van der Waals surface area (Å²) in [5.41, 5.74) is 1.24. The van der Waals surface area contributed by atoms with Crippen molar-refractivity contribution in [3.05, 3.63) is 28.7 Å². The molecule has 1 fully saturated rings. The number of benzene rings is 1. The third-order valence-electron chi connectivity index (χ3n) is 3.29. The molecule has 0 spiro atoms. The maximum absolute atomic E-state index is 3.64. The van der Waals surface area contributed by atoms with E-state index in [2.05, 4.69) is 52.4 Å². The lowest BCUT2D eigenvalue weighted by molar-refractivity contribution is 0.349. The molecule has 1 N–H and O–H groups in total. The molecule has 0 heterocycles. The highest BCUT2D eigenvalue weighted by atomic mass is 79.9. The van der Waals surface area contributed by atoms with Gasteiger partial charge in [-0.1, -0.05) is 41.8 Å². The van der Waals surface area contributed by atoms with Crippen molar-refractivity contribution in [1.29, 1.82) is 0 Å². The van der Waals surface area contributed by atoms with Crippen LogP contribution in [-0.2, 0) is 0 Å². The van der Waals surface area contributed by atoms with Gasteiger partial charge in [-0.15, -0.1) is 0 Å². The molecule has 2 rings (SSSR count). The highest BCUT2D eigenvalue weighted by molar-refractivity contribution is 9.10. The molecule has 82 valence electrons. The molecule has 2 heteroatoms. The van der Waals surface area contributed by atoms with E-state index in [4.69, 9.17) is 0 Å². The van der Waals surface area contributed by atoms with Crippen molar-refractivity contribution >= 4 is 21.6 Å². The minimum atomic E-state index is 0.660. The van der Waals surface area contributed by atoms with E-state index in [1.165, 1.54) is 31.4 Å². The summed E-state index contributed by atoms with van der Waals surface area (Å²) < 4.78 is 1.15. The highest BCUT2D eigenvalue weighted by Gasteiger charge is 2.20. The average Bonchev–Trinajstić information content (AvgIpc) is 2.22. The van der Waals surface area contributed by atoms with Crippen LogP contribution in [0.25, 0.3) is 0 Å². The summed E-state index contributed by atoms with van der Waals surface area (Å²) in [7, 11) is 0. The second kappa shape index (κ2) is 5.02. The van der Waals surface area contributed by atoms with Crippen LogP contribution in [0.2, 0.25) is 0 Å². The van der Waals surface area contributed by atoms with Gasteiger partial charge in [-0.05, 0) is 37.0 Å². The summed E-state index contributed by atoms with van der Waals surface area (Å²) in [5, 5.41) is 3.64. The SMILES string of the molecule is CC1CCCCC1Nc1cccc(Br)c1. The van der Waals surface area contributed by atoms with Gasteiger partial charge in [-0.3, -0.25) is 0 Å². The van der Waals surface area contributed by atoms with Gasteiger partial charge in [0.15, 0.2) is 0 Å². The molecule has 0 aromatic heterocycles. The van der Waals surface area contributed by atoms with Crippen LogP contribution in [0.15, 0.2) is 28.7 Å². The number of nitrogens with one attached hydrogen (secondary N) is 1. The van der Waals surface area contributed by atoms with Gasteiger partial charge in [-0.2, -0.15) is 0 Å². The summed E-state index contributed by atoms with van der Waals surface area (Å²) in [6, 6.07) is 9.11. The Morgan fingerprint density at radius 1 is 1.27 bits per heavy atom. The summed E-state index contributed by atoms with van der Waals surface area (Å²) >= 11 is 3.50. The fourth-order valence-electron chi connectivity index (χ4n) is 2.32. The quantitative estimate of drug-likeness (QED) is 0.836. The standard InChI is InChI=1S/C13H18BrN/c1-10-5-2-3-8-13(10)15-12-7-4-6-11(14)9-12/h4,6-7,9-10,13,15H,2-3,5,8H2,1H3. The Balaban J connectivity index is 2.01. The molecule has 0 amide bonds. The predicted molar refractivity (Wildman–Crippen MR) is 69.2 cm³/mol. The highest BCUT2D eigenvalue weighted by Crippen LogP contribution is 2.27. The lowest BCUT2D eigenvalue weighted by Crippen LogP contribution is -2.30. The monoisotopic (exact) mass is 267 g/mol. The third-order valence-corrected chi connectivity index (χ3v) is 3.78. The van der Waals surface area contributed by atoms with Gasteiger partial charge in [0.25, 0.3) is 0 Å². The molecular weight excluding hydrogens is 250 g/mol. The van der Waals surface area contributed by atoms with Crippen LogP contribution in [0.3, 0.4) is 0 Å². The first-order valence-electron chi connectivity index (χ1n) is 5.78. The van der Waals surface area contributed by atoms with Crippen molar-refractivity contribution in [2.75, 3.05) is 5.32 Å². The Morgan fingerprint density at radius 2 is 2.07 bits per heavy atom. The Morgan fingerprint density at radius 3 is 2.80 bits per heavy atom. The molecule has 1 aromatic rings. The van der Waals surface area contributed by atoms with Gasteiger partial charge in [0.2, 0.25) is 0 Å². The Bertz CT molecular complexity index is 324. The van der Waals surface area contributed by atoms with Gasteiger partial charge in [-0.25, -0.2) is 0 Å². The van der Waals surface area contributed by atoms with Crippen LogP contribution in [0.4, 0.5) is 5.69 Å². The molecular formula is C13H18BrN. The maximum atomic E-state index is 3.64. The molecule has 0 bridgehead atoms. The van der Waals surface area contributed by atoms with E-state index < -0.39 is 0 Å². The molecule has 0 radical (unpaired) electrons. The second-order valence-corrected chi connectivity index (χ2v) is 5.44. The van der Waals surface area contributed by atoms with E-state index in [0.29, 0.717) is 6.04 Å². The second-order valence-electron chi connectivity index (χ2n) is 4.52. The van der Waals surface area contributed by atoms with E-state index in [0.717, 1.165) is 10.4 Å². The summed E-state index contributed by atoms with van der Waals surface area (Å²) in [4.78, 5) is 0. The molecule has 1 saturated carbocycles. The average molecular weight is 268 g/mol. The largest absolute Gasteiger partial charge is 0.382 e. The summed E-state index contributed by atoms with van der Waals surface area (Å²) in [6.45, 7) is 2.36. The van der Waals surface area contributed by atoms with Crippen LogP contribution < -0.4 is 5.32 Å². The Hall–Kier alpha value is -0.500. The fourth-order valence-corrected chi connectivity index (χ4v) is 2.72. The van der Waals surface area contributed by atoms with Gasteiger partial charge in [0.1, 0.15) is 0 Å². The first-order valence-corrected chi connectivity index (χ1v) is 6.57. The molecule has 1 nitrogen and oxygen atoms in total. The van der Waals surface area contributed by atoms with E-state index in [1.807, 2.05) is 0 Å². The van der Waals surface area contributed by atoms with Crippen LogP contribution in [-0.4, -0.2) is 6.04 Å². The number of hydrogen-bond donors (Lipinski definition) is 1. The Kier molecular flexibility index (Phi) is 3.68. The van der Waals surface area contributed by atoms with Crippen molar-refractivity contribution in [2.45, 2.75) is 38.6 Å². The minimum Gasteiger partial charge on any atom is -0.382 e. The van der Waals surface area contributed by atoms with Gasteiger partial charge in [0, 0.05) is 16.2 Å². The summed E-state index contributed by atoms with van der Waals surface area (Å²) in [6.07, 6.45) is 5.45. The zero-order valence-electron chi connectivity index (χ0n) is 9.17. The van der Waals surface area contributed by atoms with Gasteiger partial charge in [0.05, 0.1) is 0 Å². The number of hydrogen-bond acceptors (Lipinski definition) is 1.